The van der Waals surface area contributed by atoms with Crippen LogP contribution < -0.4 is 25.3 Å². The molecule has 2 aliphatic heterocycles. The molecule has 0 amide bonds. The number of nitrogens with zero attached hydrogens (tertiary/aromatic N) is 1. The first kappa shape index (κ1) is 19.9. The lowest BCUT2D eigenvalue weighted by atomic mass is 9.91. The fourth-order valence-electron chi connectivity index (χ4n) is 3.69. The van der Waals surface area contributed by atoms with Crippen LogP contribution in [0.15, 0.2) is 47.0 Å². The predicted molar refractivity (Wildman–Crippen MR) is 106 cm³/mol. The van der Waals surface area contributed by atoms with Gasteiger partial charge in [0.2, 0.25) is 0 Å². The molecule has 30 heavy (non-hydrogen) atoms. The molecule has 2 aliphatic rings. The van der Waals surface area contributed by atoms with Crippen LogP contribution in [-0.4, -0.2) is 26.8 Å². The maximum atomic E-state index is 12.9. The fraction of sp³-hybridized carbons (Fsp3) is 0.286. The number of hydrogen-bond acceptors (Lipinski definition) is 6. The van der Waals surface area contributed by atoms with E-state index in [1.807, 2.05) is 0 Å². The van der Waals surface area contributed by atoms with Crippen molar-refractivity contribution in [1.29, 1.82) is 0 Å². The number of alkyl halides is 3. The van der Waals surface area contributed by atoms with Crippen molar-refractivity contribution < 1.29 is 27.4 Å². The van der Waals surface area contributed by atoms with Crippen LogP contribution in [0.2, 0.25) is 0 Å². The quantitative estimate of drug-likeness (QED) is 0.790. The SMILES string of the molecule is COc1cc(OC)c2c(c1)OCCC1=C2NC(N)=NC1c1ccc(C(F)(F)F)cc1. The highest BCUT2D eigenvalue weighted by Crippen LogP contribution is 2.45. The number of guanidine groups is 1. The van der Waals surface area contributed by atoms with Crippen molar-refractivity contribution >= 4 is 11.7 Å². The van der Waals surface area contributed by atoms with Crippen LogP contribution in [0.25, 0.3) is 5.70 Å². The molecule has 2 heterocycles. The molecule has 9 heteroatoms. The van der Waals surface area contributed by atoms with Crippen LogP contribution in [0, 0.1) is 0 Å². The Morgan fingerprint density at radius 2 is 1.87 bits per heavy atom. The highest BCUT2D eigenvalue weighted by molar-refractivity contribution is 5.94. The predicted octanol–water partition coefficient (Wildman–Crippen LogP) is 3.88. The first-order chi connectivity index (χ1) is 14.3. The van der Waals surface area contributed by atoms with Gasteiger partial charge in [-0.1, -0.05) is 12.1 Å². The molecule has 0 fully saturated rings. The van der Waals surface area contributed by atoms with Crippen molar-refractivity contribution in [2.45, 2.75) is 18.6 Å². The van der Waals surface area contributed by atoms with Gasteiger partial charge in [-0.3, -0.25) is 0 Å². The normalized spacial score (nSPS) is 18.3. The van der Waals surface area contributed by atoms with Crippen LogP contribution >= 0.6 is 0 Å². The second kappa shape index (κ2) is 7.47. The molecule has 3 N–H and O–H groups in total. The summed E-state index contributed by atoms with van der Waals surface area (Å²) in [6, 6.07) is 7.91. The van der Waals surface area contributed by atoms with Crippen molar-refractivity contribution in [3.63, 3.8) is 0 Å². The number of benzene rings is 2. The first-order valence-corrected chi connectivity index (χ1v) is 9.21. The zero-order valence-electron chi connectivity index (χ0n) is 16.3. The molecule has 0 bridgehead atoms. The smallest absolute Gasteiger partial charge is 0.416 e. The Bertz CT molecular complexity index is 1030. The van der Waals surface area contributed by atoms with Gasteiger partial charge in [0.05, 0.1) is 37.7 Å². The molecular weight excluding hydrogens is 399 g/mol. The Hall–Kier alpha value is -3.36. The van der Waals surface area contributed by atoms with Gasteiger partial charge in [0, 0.05) is 18.6 Å². The monoisotopic (exact) mass is 419 g/mol. The van der Waals surface area contributed by atoms with Gasteiger partial charge >= 0.3 is 6.18 Å². The van der Waals surface area contributed by atoms with Gasteiger partial charge in [-0.25, -0.2) is 4.99 Å². The fourth-order valence-corrected chi connectivity index (χ4v) is 3.69. The number of fused-ring (bicyclic) bond motifs is 2. The number of nitrogens with one attached hydrogen (secondary N) is 1. The first-order valence-electron chi connectivity index (χ1n) is 9.21. The zero-order chi connectivity index (χ0) is 21.5. The summed E-state index contributed by atoms with van der Waals surface area (Å²) in [5.41, 5.74) is 8.14. The van der Waals surface area contributed by atoms with Crippen LogP contribution in [0.5, 0.6) is 17.2 Å². The molecule has 0 spiro atoms. The third-order valence-corrected chi connectivity index (χ3v) is 5.10. The van der Waals surface area contributed by atoms with E-state index in [-0.39, 0.29) is 5.96 Å². The van der Waals surface area contributed by atoms with Gasteiger partial charge in [-0.05, 0) is 23.3 Å². The van der Waals surface area contributed by atoms with Gasteiger partial charge < -0.3 is 25.3 Å². The number of aliphatic imine (C=N–C) groups is 1. The summed E-state index contributed by atoms with van der Waals surface area (Å²) in [4.78, 5) is 4.46. The number of rotatable bonds is 3. The van der Waals surface area contributed by atoms with Gasteiger partial charge in [0.1, 0.15) is 23.3 Å². The van der Waals surface area contributed by atoms with Crippen molar-refractivity contribution in [3.8, 4) is 17.2 Å². The Kier molecular flexibility index (Phi) is 4.97. The van der Waals surface area contributed by atoms with E-state index in [1.54, 1.807) is 19.2 Å². The second-order valence-corrected chi connectivity index (χ2v) is 6.86. The summed E-state index contributed by atoms with van der Waals surface area (Å²) < 4.78 is 55.6. The molecule has 1 unspecified atom stereocenters. The van der Waals surface area contributed by atoms with Crippen molar-refractivity contribution in [1.82, 2.24) is 5.32 Å². The lowest BCUT2D eigenvalue weighted by Gasteiger charge is -2.27. The van der Waals surface area contributed by atoms with Crippen molar-refractivity contribution in [2.75, 3.05) is 20.8 Å². The van der Waals surface area contributed by atoms with Crippen LogP contribution in [0.3, 0.4) is 0 Å². The van der Waals surface area contributed by atoms with Crippen LogP contribution in [0.1, 0.15) is 29.2 Å². The highest BCUT2D eigenvalue weighted by atomic mass is 19.4. The average Bonchev–Trinajstić information content (AvgIpc) is 2.91. The molecule has 0 radical (unpaired) electrons. The Labute approximate surface area is 171 Å². The molecule has 0 saturated heterocycles. The molecule has 6 nitrogen and oxygen atoms in total. The van der Waals surface area contributed by atoms with E-state index >= 15 is 0 Å². The number of nitrogens with two attached hydrogens (primary N) is 1. The second-order valence-electron chi connectivity index (χ2n) is 6.86. The molecule has 0 aliphatic carbocycles. The zero-order valence-corrected chi connectivity index (χ0v) is 16.3. The van der Waals surface area contributed by atoms with Gasteiger partial charge in [0.25, 0.3) is 0 Å². The minimum Gasteiger partial charge on any atom is -0.496 e. The number of ether oxygens (including phenoxy) is 3. The van der Waals surface area contributed by atoms with Gasteiger partial charge in [-0.15, -0.1) is 0 Å². The van der Waals surface area contributed by atoms with E-state index in [1.165, 1.54) is 19.2 Å². The molecule has 0 aromatic heterocycles. The van der Waals surface area contributed by atoms with Gasteiger partial charge in [-0.2, -0.15) is 13.2 Å². The average molecular weight is 419 g/mol. The molecule has 4 rings (SSSR count). The maximum absolute atomic E-state index is 12.9. The topological polar surface area (TPSA) is 78.1 Å². The van der Waals surface area contributed by atoms with Crippen molar-refractivity contribution in [3.05, 3.63) is 58.7 Å². The summed E-state index contributed by atoms with van der Waals surface area (Å²) >= 11 is 0. The van der Waals surface area contributed by atoms with E-state index in [9.17, 15) is 13.2 Å². The summed E-state index contributed by atoms with van der Waals surface area (Å²) in [5, 5.41) is 3.09. The lowest BCUT2D eigenvalue weighted by molar-refractivity contribution is -0.137. The number of methoxy groups -OCH3 is 2. The Morgan fingerprint density at radius 1 is 1.13 bits per heavy atom. The van der Waals surface area contributed by atoms with E-state index in [0.717, 1.165) is 17.7 Å². The van der Waals surface area contributed by atoms with Crippen LogP contribution in [-0.2, 0) is 6.18 Å². The summed E-state index contributed by atoms with van der Waals surface area (Å²) in [7, 11) is 3.08. The van der Waals surface area contributed by atoms with E-state index in [4.69, 9.17) is 19.9 Å². The standard InChI is InChI=1S/C21H20F3N3O3/c1-28-13-9-15(29-2)17-16(10-13)30-8-7-14-18(26-20(25)27-19(14)17)11-3-5-12(6-4-11)21(22,23)24/h3-6,9-10,18H,7-8H2,1-2H3,(H3,25,26,27). The molecule has 158 valence electrons. The van der Waals surface area contributed by atoms with E-state index in [2.05, 4.69) is 10.3 Å². The van der Waals surface area contributed by atoms with Gasteiger partial charge in [0.15, 0.2) is 5.96 Å². The van der Waals surface area contributed by atoms with E-state index in [0.29, 0.717) is 47.1 Å². The lowest BCUT2D eigenvalue weighted by Crippen LogP contribution is -2.35. The number of hydrogen-bond donors (Lipinski definition) is 2. The minimum absolute atomic E-state index is 0.157. The minimum atomic E-state index is -4.40. The summed E-state index contributed by atoms with van der Waals surface area (Å²) in [6.07, 6.45) is -3.90. The third kappa shape index (κ3) is 3.51. The highest BCUT2D eigenvalue weighted by Gasteiger charge is 2.33. The Morgan fingerprint density at radius 3 is 2.50 bits per heavy atom. The molecule has 1 atom stereocenters. The maximum Gasteiger partial charge on any atom is 0.416 e. The summed E-state index contributed by atoms with van der Waals surface area (Å²) in [5.74, 6) is 1.81. The van der Waals surface area contributed by atoms with E-state index < -0.39 is 17.8 Å². The molecule has 2 aromatic rings. The largest absolute Gasteiger partial charge is 0.496 e. The summed E-state index contributed by atoms with van der Waals surface area (Å²) in [6.45, 7) is 0.358. The van der Waals surface area contributed by atoms with Crippen LogP contribution in [0.4, 0.5) is 13.2 Å². The molecule has 2 aromatic carbocycles. The number of halogens is 3. The molecule has 0 saturated carbocycles. The molecular formula is C21H20F3N3O3. The van der Waals surface area contributed by atoms with Crippen molar-refractivity contribution in [2.24, 2.45) is 10.7 Å². The Balaban J connectivity index is 1.84. The third-order valence-electron chi connectivity index (χ3n) is 5.10.